The average Bonchev–Trinajstić information content (AvgIpc) is 3.11. The number of methoxy groups -OCH3 is 1. The number of piperazine rings is 1. The summed E-state index contributed by atoms with van der Waals surface area (Å²) in [4.78, 5) is 18.0. The van der Waals surface area contributed by atoms with Crippen molar-refractivity contribution in [3.63, 3.8) is 0 Å². The van der Waals surface area contributed by atoms with E-state index in [0.29, 0.717) is 10.7 Å². The summed E-state index contributed by atoms with van der Waals surface area (Å²) in [5, 5.41) is 4.75. The first-order chi connectivity index (χ1) is 14.1. The van der Waals surface area contributed by atoms with Gasteiger partial charge >= 0.3 is 5.97 Å². The van der Waals surface area contributed by atoms with Crippen molar-refractivity contribution < 1.29 is 13.9 Å². The summed E-state index contributed by atoms with van der Waals surface area (Å²) in [5.74, 6) is -0.520. The molecule has 0 amide bonds. The number of carbonyl (C=O) groups excluding carboxylic acids is 1. The molecule has 8 heteroatoms. The van der Waals surface area contributed by atoms with Gasteiger partial charge in [-0.3, -0.25) is 0 Å². The maximum Gasteiger partial charge on any atom is 0.341 e. The van der Waals surface area contributed by atoms with Gasteiger partial charge in [0, 0.05) is 36.7 Å². The third kappa shape index (κ3) is 4.23. The first-order valence-electron chi connectivity index (χ1n) is 9.86. The van der Waals surface area contributed by atoms with E-state index in [0.717, 1.165) is 68.1 Å². The Bertz CT molecular complexity index is 905. The molecule has 1 aromatic carbocycles. The van der Waals surface area contributed by atoms with Gasteiger partial charge in [0.05, 0.1) is 12.7 Å². The predicted molar refractivity (Wildman–Crippen MR) is 119 cm³/mol. The molecular weight excluding hydrogens is 409 g/mol. The monoisotopic (exact) mass is 433 g/mol. The Labute approximate surface area is 179 Å². The normalized spacial score (nSPS) is 16.3. The molecule has 4 rings (SSSR count). The standard InChI is InChI=1S/C21H24FN3O2S2/c1-27-20(26)18-16-4-2-3-5-17(16)29-19(18)23-21(28)25-12-10-24(11-13-25)15-8-6-14(22)7-9-15/h6-9H,2-5,10-13H2,1H3,(H,23,28). The first-order valence-corrected chi connectivity index (χ1v) is 11.1. The van der Waals surface area contributed by atoms with Gasteiger partial charge in [-0.15, -0.1) is 11.3 Å². The summed E-state index contributed by atoms with van der Waals surface area (Å²) in [6.45, 7) is 3.14. The van der Waals surface area contributed by atoms with E-state index < -0.39 is 0 Å². The van der Waals surface area contributed by atoms with E-state index in [2.05, 4.69) is 15.1 Å². The number of hydrogen-bond acceptors (Lipinski definition) is 5. The van der Waals surface area contributed by atoms with E-state index in [4.69, 9.17) is 17.0 Å². The number of nitrogens with one attached hydrogen (secondary N) is 1. The number of halogens is 1. The third-order valence-electron chi connectivity index (χ3n) is 5.54. The fourth-order valence-electron chi connectivity index (χ4n) is 3.97. The molecule has 2 aromatic rings. The number of ether oxygens (including phenoxy) is 1. The molecule has 1 N–H and O–H groups in total. The van der Waals surface area contributed by atoms with Crippen LogP contribution in [0.5, 0.6) is 0 Å². The molecule has 2 aliphatic rings. The minimum atomic E-state index is -0.296. The average molecular weight is 434 g/mol. The Kier molecular flexibility index (Phi) is 6.01. The summed E-state index contributed by atoms with van der Waals surface area (Å²) in [5.41, 5.74) is 2.79. The molecule has 0 atom stereocenters. The number of aryl methyl sites for hydroxylation is 1. The summed E-state index contributed by atoms with van der Waals surface area (Å²) in [6, 6.07) is 6.59. The van der Waals surface area contributed by atoms with Gasteiger partial charge in [-0.05, 0) is 67.7 Å². The highest BCUT2D eigenvalue weighted by Gasteiger charge is 2.27. The Hall–Kier alpha value is -2.19. The molecular formula is C21H24FN3O2S2. The van der Waals surface area contributed by atoms with Crippen LogP contribution < -0.4 is 10.2 Å². The van der Waals surface area contributed by atoms with Crippen LogP contribution in [0.4, 0.5) is 15.1 Å². The minimum absolute atomic E-state index is 0.224. The van der Waals surface area contributed by atoms with Crippen molar-refractivity contribution in [2.24, 2.45) is 0 Å². The van der Waals surface area contributed by atoms with Crippen LogP contribution >= 0.6 is 23.6 Å². The zero-order valence-electron chi connectivity index (χ0n) is 16.4. The smallest absolute Gasteiger partial charge is 0.341 e. The van der Waals surface area contributed by atoms with Crippen molar-refractivity contribution in [2.75, 3.05) is 43.5 Å². The van der Waals surface area contributed by atoms with Crippen molar-refractivity contribution in [1.29, 1.82) is 0 Å². The van der Waals surface area contributed by atoms with Crippen molar-refractivity contribution in [2.45, 2.75) is 25.7 Å². The van der Waals surface area contributed by atoms with E-state index >= 15 is 0 Å². The lowest BCUT2D eigenvalue weighted by Crippen LogP contribution is -2.50. The quantitative estimate of drug-likeness (QED) is 0.582. The van der Waals surface area contributed by atoms with Gasteiger partial charge in [0.1, 0.15) is 10.8 Å². The molecule has 0 radical (unpaired) electrons. The molecule has 0 saturated carbocycles. The van der Waals surface area contributed by atoms with Gasteiger partial charge in [-0.1, -0.05) is 0 Å². The number of carbonyl (C=O) groups is 1. The summed E-state index contributed by atoms with van der Waals surface area (Å²) in [6.07, 6.45) is 4.18. The molecule has 1 fully saturated rings. The SMILES string of the molecule is COC(=O)c1c(NC(=S)N2CCN(c3ccc(F)cc3)CC2)sc2c1CCCC2. The molecule has 1 aromatic heterocycles. The molecule has 5 nitrogen and oxygen atoms in total. The van der Waals surface area contributed by atoms with E-state index in [9.17, 15) is 9.18 Å². The van der Waals surface area contributed by atoms with Crippen LogP contribution in [0.2, 0.25) is 0 Å². The number of thiocarbonyl (C=S) groups is 1. The highest BCUT2D eigenvalue weighted by Crippen LogP contribution is 2.38. The van der Waals surface area contributed by atoms with Crippen LogP contribution in [0.1, 0.15) is 33.6 Å². The van der Waals surface area contributed by atoms with Crippen LogP contribution in [0.15, 0.2) is 24.3 Å². The molecule has 0 unspecified atom stereocenters. The molecule has 1 aliphatic heterocycles. The van der Waals surface area contributed by atoms with Crippen molar-refractivity contribution in [1.82, 2.24) is 4.90 Å². The highest BCUT2D eigenvalue weighted by molar-refractivity contribution is 7.80. The number of esters is 1. The van der Waals surface area contributed by atoms with Crippen LogP contribution in [0.25, 0.3) is 0 Å². The Morgan fingerprint density at radius 1 is 1.14 bits per heavy atom. The zero-order chi connectivity index (χ0) is 20.4. The fourth-order valence-corrected chi connectivity index (χ4v) is 5.59. The lowest BCUT2D eigenvalue weighted by atomic mass is 9.95. The number of fused-ring (bicyclic) bond motifs is 1. The van der Waals surface area contributed by atoms with Crippen LogP contribution in [0.3, 0.4) is 0 Å². The number of anilines is 2. The van der Waals surface area contributed by atoms with Gasteiger partial charge in [-0.2, -0.15) is 0 Å². The van der Waals surface area contributed by atoms with Crippen LogP contribution in [0, 0.1) is 5.82 Å². The largest absolute Gasteiger partial charge is 0.465 e. The maximum absolute atomic E-state index is 13.1. The third-order valence-corrected chi connectivity index (χ3v) is 7.11. The molecule has 0 spiro atoms. The van der Waals surface area contributed by atoms with E-state index in [1.165, 1.54) is 24.1 Å². The van der Waals surface area contributed by atoms with Gasteiger partial charge in [0.2, 0.25) is 0 Å². The summed E-state index contributed by atoms with van der Waals surface area (Å²) in [7, 11) is 1.42. The first kappa shape index (κ1) is 20.1. The van der Waals surface area contributed by atoms with Gasteiger partial charge in [0.25, 0.3) is 0 Å². The molecule has 2 heterocycles. The Morgan fingerprint density at radius 2 is 1.83 bits per heavy atom. The van der Waals surface area contributed by atoms with Crippen molar-refractivity contribution in [3.8, 4) is 0 Å². The van der Waals surface area contributed by atoms with Gasteiger partial charge in [-0.25, -0.2) is 9.18 Å². The highest BCUT2D eigenvalue weighted by atomic mass is 32.1. The van der Waals surface area contributed by atoms with Crippen molar-refractivity contribution >= 4 is 45.3 Å². The second-order valence-corrected chi connectivity index (χ2v) is 8.78. The number of hydrogen-bond donors (Lipinski definition) is 1. The molecule has 1 aliphatic carbocycles. The predicted octanol–water partition coefficient (Wildman–Crippen LogP) is 4.07. The number of benzene rings is 1. The lowest BCUT2D eigenvalue weighted by molar-refractivity contribution is 0.0601. The minimum Gasteiger partial charge on any atom is -0.465 e. The van der Waals surface area contributed by atoms with Crippen LogP contribution in [-0.2, 0) is 17.6 Å². The number of thiophene rings is 1. The molecule has 29 heavy (non-hydrogen) atoms. The summed E-state index contributed by atoms with van der Waals surface area (Å²) >= 11 is 7.28. The number of rotatable bonds is 3. The van der Waals surface area contributed by atoms with E-state index in [1.54, 1.807) is 23.5 Å². The topological polar surface area (TPSA) is 44.8 Å². The number of nitrogens with zero attached hydrogens (tertiary/aromatic N) is 2. The fraction of sp³-hybridized carbons (Fsp3) is 0.429. The molecule has 1 saturated heterocycles. The van der Waals surface area contributed by atoms with Crippen molar-refractivity contribution in [3.05, 3.63) is 46.1 Å². The summed E-state index contributed by atoms with van der Waals surface area (Å²) < 4.78 is 18.2. The Balaban J connectivity index is 1.43. The lowest BCUT2D eigenvalue weighted by Gasteiger charge is -2.37. The van der Waals surface area contributed by atoms with Gasteiger partial charge in [0.15, 0.2) is 5.11 Å². The van der Waals surface area contributed by atoms with Gasteiger partial charge < -0.3 is 19.9 Å². The second kappa shape index (κ2) is 8.67. The van der Waals surface area contributed by atoms with Crippen LogP contribution in [-0.4, -0.2) is 49.3 Å². The second-order valence-electron chi connectivity index (χ2n) is 7.29. The molecule has 154 valence electrons. The van der Waals surface area contributed by atoms with E-state index in [1.807, 2.05) is 0 Å². The van der Waals surface area contributed by atoms with E-state index in [-0.39, 0.29) is 11.8 Å². The maximum atomic E-state index is 13.1. The molecule has 0 bridgehead atoms. The Morgan fingerprint density at radius 3 is 2.52 bits per heavy atom. The zero-order valence-corrected chi connectivity index (χ0v) is 18.0.